The van der Waals surface area contributed by atoms with Crippen LogP contribution in [0.25, 0.3) is 0 Å². The summed E-state index contributed by atoms with van der Waals surface area (Å²) in [6.07, 6.45) is 0. The first-order valence-corrected chi connectivity index (χ1v) is 9.50. The fourth-order valence-electron chi connectivity index (χ4n) is 3.32. The number of carbonyl (C=O) groups excluding carboxylic acids is 2. The summed E-state index contributed by atoms with van der Waals surface area (Å²) >= 11 is 0. The number of nitrogens with zero attached hydrogens (tertiary/aromatic N) is 3. The van der Waals surface area contributed by atoms with Crippen molar-refractivity contribution >= 4 is 23.1 Å². The van der Waals surface area contributed by atoms with Crippen LogP contribution in [0.3, 0.4) is 0 Å². The molecular weight excluding hydrogens is 374 g/mol. The maximum Gasteiger partial charge on any atom is 0.270 e. The van der Waals surface area contributed by atoms with E-state index in [4.69, 9.17) is 4.74 Å². The third kappa shape index (κ3) is 4.85. The van der Waals surface area contributed by atoms with E-state index in [1.54, 1.807) is 30.3 Å². The molecule has 0 aromatic heterocycles. The summed E-state index contributed by atoms with van der Waals surface area (Å²) < 4.78 is 5.31. The Labute approximate surface area is 168 Å². The van der Waals surface area contributed by atoms with Crippen molar-refractivity contribution in [3.05, 3.63) is 69.8 Å². The molecule has 1 fully saturated rings. The molecule has 0 atom stereocenters. The lowest BCUT2D eigenvalue weighted by molar-refractivity contribution is -0.384. The zero-order chi connectivity index (χ0) is 20.8. The van der Waals surface area contributed by atoms with Gasteiger partial charge in [-0.3, -0.25) is 24.6 Å². The number of anilines is 1. The van der Waals surface area contributed by atoms with Crippen molar-refractivity contribution < 1.29 is 19.2 Å². The number of ketones is 1. The van der Waals surface area contributed by atoms with Crippen molar-refractivity contribution in [3.63, 3.8) is 0 Å². The summed E-state index contributed by atoms with van der Waals surface area (Å²) in [5, 5.41) is 11.3. The van der Waals surface area contributed by atoms with Crippen LogP contribution in [0.1, 0.15) is 22.8 Å². The van der Waals surface area contributed by atoms with E-state index >= 15 is 0 Å². The maximum atomic E-state index is 13.1. The SMILES string of the molecule is CCN(C(=O)CN1CCOCC1)c1ccc([N+](=O)[O-])cc1C(=O)c1ccccc1. The highest BCUT2D eigenvalue weighted by molar-refractivity contribution is 6.14. The van der Waals surface area contributed by atoms with Gasteiger partial charge in [-0.1, -0.05) is 30.3 Å². The predicted molar refractivity (Wildman–Crippen MR) is 108 cm³/mol. The minimum atomic E-state index is -0.544. The van der Waals surface area contributed by atoms with Crippen LogP contribution in [0.5, 0.6) is 0 Å². The number of non-ortho nitro benzene ring substituents is 1. The first-order valence-electron chi connectivity index (χ1n) is 9.50. The lowest BCUT2D eigenvalue weighted by Crippen LogP contribution is -2.45. The second-order valence-corrected chi connectivity index (χ2v) is 6.68. The minimum Gasteiger partial charge on any atom is -0.379 e. The van der Waals surface area contributed by atoms with Crippen LogP contribution in [0.4, 0.5) is 11.4 Å². The zero-order valence-electron chi connectivity index (χ0n) is 16.2. The molecule has 0 bridgehead atoms. The van der Waals surface area contributed by atoms with Crippen LogP contribution in [-0.2, 0) is 9.53 Å². The van der Waals surface area contributed by atoms with E-state index in [-0.39, 0.29) is 29.5 Å². The Hall–Kier alpha value is -3.10. The molecule has 0 spiro atoms. The second-order valence-electron chi connectivity index (χ2n) is 6.68. The molecule has 8 nitrogen and oxygen atoms in total. The van der Waals surface area contributed by atoms with Crippen molar-refractivity contribution in [1.82, 2.24) is 4.90 Å². The molecule has 1 heterocycles. The molecule has 1 saturated heterocycles. The molecule has 8 heteroatoms. The summed E-state index contributed by atoms with van der Waals surface area (Å²) in [5.41, 5.74) is 0.739. The number of nitro groups is 1. The van der Waals surface area contributed by atoms with Crippen LogP contribution in [0.2, 0.25) is 0 Å². The Balaban J connectivity index is 1.96. The number of hydrogen-bond acceptors (Lipinski definition) is 6. The van der Waals surface area contributed by atoms with Gasteiger partial charge < -0.3 is 9.64 Å². The van der Waals surface area contributed by atoms with Crippen molar-refractivity contribution in [2.45, 2.75) is 6.92 Å². The van der Waals surface area contributed by atoms with E-state index in [2.05, 4.69) is 0 Å². The Bertz CT molecular complexity index is 894. The van der Waals surface area contributed by atoms with E-state index in [1.807, 2.05) is 11.8 Å². The normalized spacial score (nSPS) is 14.4. The molecule has 1 aliphatic heterocycles. The average molecular weight is 397 g/mol. The number of rotatable bonds is 7. The summed E-state index contributed by atoms with van der Waals surface area (Å²) in [7, 11) is 0. The van der Waals surface area contributed by atoms with Gasteiger partial charge in [-0.05, 0) is 13.0 Å². The Kier molecular flexibility index (Phi) is 6.69. The van der Waals surface area contributed by atoms with Crippen LogP contribution in [-0.4, -0.2) is 60.9 Å². The number of morpholine rings is 1. The maximum absolute atomic E-state index is 13.1. The largest absolute Gasteiger partial charge is 0.379 e. The quantitative estimate of drug-likeness (QED) is 0.405. The molecule has 1 amide bonds. The molecule has 2 aromatic carbocycles. The standard InChI is InChI=1S/C21H23N3O5/c1-2-23(20(25)15-22-10-12-29-13-11-22)19-9-8-17(24(27)28)14-18(19)21(26)16-6-4-3-5-7-16/h3-9,14H,2,10-13,15H2,1H3. The second kappa shape index (κ2) is 9.40. The van der Waals surface area contributed by atoms with Crippen LogP contribution >= 0.6 is 0 Å². The topological polar surface area (TPSA) is 93.0 Å². The fourth-order valence-corrected chi connectivity index (χ4v) is 3.32. The Morgan fingerprint density at radius 2 is 1.83 bits per heavy atom. The minimum absolute atomic E-state index is 0.141. The van der Waals surface area contributed by atoms with Crippen molar-refractivity contribution in [2.24, 2.45) is 0 Å². The van der Waals surface area contributed by atoms with E-state index in [1.165, 1.54) is 23.1 Å². The van der Waals surface area contributed by atoms with Crippen LogP contribution < -0.4 is 4.90 Å². The van der Waals surface area contributed by atoms with Gasteiger partial charge in [0.2, 0.25) is 5.91 Å². The molecule has 1 aliphatic rings. The van der Waals surface area contributed by atoms with Crippen molar-refractivity contribution in [3.8, 4) is 0 Å². The van der Waals surface area contributed by atoms with Crippen molar-refractivity contribution in [1.29, 1.82) is 0 Å². The number of likely N-dealkylation sites (N-methyl/N-ethyl adjacent to an activating group) is 1. The van der Waals surface area contributed by atoms with E-state index in [0.717, 1.165) is 0 Å². The summed E-state index contributed by atoms with van der Waals surface area (Å²) in [5.74, 6) is -0.521. The zero-order valence-corrected chi connectivity index (χ0v) is 16.2. The molecule has 0 saturated carbocycles. The summed E-state index contributed by atoms with van der Waals surface area (Å²) in [6, 6.07) is 12.6. The van der Waals surface area contributed by atoms with Gasteiger partial charge in [0.15, 0.2) is 5.78 Å². The van der Waals surface area contributed by atoms with Gasteiger partial charge in [0.25, 0.3) is 5.69 Å². The molecule has 3 rings (SSSR count). The first kappa shape index (κ1) is 20.6. The molecule has 0 unspecified atom stereocenters. The van der Waals surface area contributed by atoms with E-state index in [0.29, 0.717) is 44.1 Å². The highest BCUT2D eigenvalue weighted by Crippen LogP contribution is 2.28. The van der Waals surface area contributed by atoms with E-state index in [9.17, 15) is 19.7 Å². The predicted octanol–water partition coefficient (Wildman–Crippen LogP) is 2.51. The Morgan fingerprint density at radius 3 is 2.45 bits per heavy atom. The van der Waals surface area contributed by atoms with Gasteiger partial charge >= 0.3 is 0 Å². The number of benzene rings is 2. The average Bonchev–Trinajstić information content (AvgIpc) is 2.75. The van der Waals surface area contributed by atoms with Crippen molar-refractivity contribution in [2.75, 3.05) is 44.3 Å². The van der Waals surface area contributed by atoms with Gasteiger partial charge in [-0.2, -0.15) is 0 Å². The van der Waals surface area contributed by atoms with Gasteiger partial charge in [-0.25, -0.2) is 0 Å². The third-order valence-electron chi connectivity index (χ3n) is 4.84. The highest BCUT2D eigenvalue weighted by Gasteiger charge is 2.25. The molecular formula is C21H23N3O5. The number of nitro benzene ring substituents is 1. The van der Waals surface area contributed by atoms with Gasteiger partial charge in [0.1, 0.15) is 0 Å². The summed E-state index contributed by atoms with van der Waals surface area (Å²) in [6.45, 7) is 4.85. The smallest absolute Gasteiger partial charge is 0.270 e. The van der Waals surface area contributed by atoms with Gasteiger partial charge in [-0.15, -0.1) is 0 Å². The van der Waals surface area contributed by atoms with Gasteiger partial charge in [0, 0.05) is 37.3 Å². The number of hydrogen-bond donors (Lipinski definition) is 0. The lowest BCUT2D eigenvalue weighted by Gasteiger charge is -2.30. The van der Waals surface area contributed by atoms with Crippen LogP contribution in [0.15, 0.2) is 48.5 Å². The molecule has 0 N–H and O–H groups in total. The van der Waals surface area contributed by atoms with Gasteiger partial charge in [0.05, 0.1) is 35.9 Å². The number of amides is 1. The molecule has 0 aliphatic carbocycles. The molecule has 0 radical (unpaired) electrons. The fraction of sp³-hybridized carbons (Fsp3) is 0.333. The highest BCUT2D eigenvalue weighted by atomic mass is 16.6. The molecule has 29 heavy (non-hydrogen) atoms. The summed E-state index contributed by atoms with van der Waals surface area (Å²) in [4.78, 5) is 40.3. The Morgan fingerprint density at radius 1 is 1.14 bits per heavy atom. The van der Waals surface area contributed by atoms with Crippen LogP contribution in [0, 0.1) is 10.1 Å². The first-order chi connectivity index (χ1) is 14.0. The third-order valence-corrected chi connectivity index (χ3v) is 4.84. The number of carbonyl (C=O) groups is 2. The number of ether oxygens (including phenoxy) is 1. The van der Waals surface area contributed by atoms with E-state index < -0.39 is 4.92 Å². The lowest BCUT2D eigenvalue weighted by atomic mass is 10.00. The monoisotopic (exact) mass is 397 g/mol. The molecule has 2 aromatic rings. The molecule has 152 valence electrons.